The van der Waals surface area contributed by atoms with E-state index in [4.69, 9.17) is 4.74 Å². The minimum absolute atomic E-state index is 0.00283. The van der Waals surface area contributed by atoms with Crippen molar-refractivity contribution < 1.29 is 9.53 Å². The Morgan fingerprint density at radius 1 is 1.32 bits per heavy atom. The number of nitrogens with zero attached hydrogens (tertiary/aromatic N) is 1. The third-order valence-corrected chi connectivity index (χ3v) is 3.75. The number of aromatic nitrogens is 2. The lowest BCUT2D eigenvalue weighted by atomic mass is 9.92. The number of nitrogens with one attached hydrogen (secondary N) is 2. The number of carbonyl (C=O) groups excluding carboxylic acids is 1. The zero-order chi connectivity index (χ0) is 18.6. The van der Waals surface area contributed by atoms with Crippen LogP contribution < -0.4 is 10.1 Å². The molecule has 1 heterocycles. The van der Waals surface area contributed by atoms with E-state index >= 15 is 0 Å². The Morgan fingerprint density at radius 3 is 2.64 bits per heavy atom. The predicted octanol–water partition coefficient (Wildman–Crippen LogP) is 4.66. The standard InChI is InChI=1S/C20H29N3O2/c1-13(2)10-16-19(21-17(24)12-20(3,4)5)18(23-22-16)14-8-7-9-15(11-14)25-6/h7-9,11,13H,10,12H2,1-6H3,(H,21,24)(H,22,23). The van der Waals surface area contributed by atoms with Crippen LogP contribution in [0.15, 0.2) is 24.3 Å². The van der Waals surface area contributed by atoms with E-state index in [-0.39, 0.29) is 11.3 Å². The quantitative estimate of drug-likeness (QED) is 0.801. The number of aromatic amines is 1. The highest BCUT2D eigenvalue weighted by atomic mass is 16.5. The molecule has 0 aliphatic heterocycles. The first kappa shape index (κ1) is 19.0. The topological polar surface area (TPSA) is 67.0 Å². The van der Waals surface area contributed by atoms with Crippen molar-refractivity contribution in [3.63, 3.8) is 0 Å². The molecule has 0 spiro atoms. The largest absolute Gasteiger partial charge is 0.497 e. The molecule has 0 saturated carbocycles. The van der Waals surface area contributed by atoms with Gasteiger partial charge in [0.15, 0.2) is 0 Å². The third kappa shape index (κ3) is 5.34. The fourth-order valence-electron chi connectivity index (χ4n) is 2.71. The number of anilines is 1. The number of carbonyl (C=O) groups is 1. The lowest BCUT2D eigenvalue weighted by Gasteiger charge is -2.18. The molecule has 0 fully saturated rings. The van der Waals surface area contributed by atoms with Crippen molar-refractivity contribution >= 4 is 11.6 Å². The van der Waals surface area contributed by atoms with Crippen LogP contribution in [0, 0.1) is 11.3 Å². The number of methoxy groups -OCH3 is 1. The van der Waals surface area contributed by atoms with Crippen molar-refractivity contribution in [2.45, 2.75) is 47.5 Å². The highest BCUT2D eigenvalue weighted by Crippen LogP contribution is 2.32. The van der Waals surface area contributed by atoms with Gasteiger partial charge in [0.1, 0.15) is 11.4 Å². The van der Waals surface area contributed by atoms with Gasteiger partial charge in [0, 0.05) is 12.0 Å². The van der Waals surface area contributed by atoms with Crippen LogP contribution in [-0.2, 0) is 11.2 Å². The van der Waals surface area contributed by atoms with Gasteiger partial charge in [0.25, 0.3) is 0 Å². The van der Waals surface area contributed by atoms with E-state index in [1.165, 1.54) is 0 Å². The number of rotatable bonds is 6. The van der Waals surface area contributed by atoms with Crippen LogP contribution >= 0.6 is 0 Å². The molecule has 5 nitrogen and oxygen atoms in total. The van der Waals surface area contributed by atoms with E-state index in [1.54, 1.807) is 7.11 Å². The molecule has 1 aromatic carbocycles. The SMILES string of the molecule is COc1cccc(-c2n[nH]c(CC(C)C)c2NC(=O)CC(C)(C)C)c1. The second-order valence-corrected chi connectivity index (χ2v) is 8.04. The van der Waals surface area contributed by atoms with E-state index in [9.17, 15) is 4.79 Å². The van der Waals surface area contributed by atoms with E-state index in [2.05, 4.69) is 50.1 Å². The predicted molar refractivity (Wildman–Crippen MR) is 102 cm³/mol. The monoisotopic (exact) mass is 343 g/mol. The number of ether oxygens (including phenoxy) is 1. The van der Waals surface area contributed by atoms with Crippen molar-refractivity contribution in [3.8, 4) is 17.0 Å². The molecule has 0 radical (unpaired) electrons. The van der Waals surface area contributed by atoms with Crippen LogP contribution in [0.2, 0.25) is 0 Å². The van der Waals surface area contributed by atoms with E-state index in [0.29, 0.717) is 12.3 Å². The summed E-state index contributed by atoms with van der Waals surface area (Å²) in [4.78, 5) is 12.5. The fourth-order valence-corrected chi connectivity index (χ4v) is 2.71. The molecule has 1 aromatic heterocycles. The summed E-state index contributed by atoms with van der Waals surface area (Å²) in [5.41, 5.74) is 3.32. The molecular formula is C20H29N3O2. The minimum atomic E-state index is -0.0673. The number of amides is 1. The van der Waals surface area contributed by atoms with Crippen LogP contribution in [0.5, 0.6) is 5.75 Å². The Labute approximate surface area is 150 Å². The van der Waals surface area contributed by atoms with Crippen LogP contribution in [-0.4, -0.2) is 23.2 Å². The molecule has 25 heavy (non-hydrogen) atoms. The van der Waals surface area contributed by atoms with Crippen molar-refractivity contribution in [3.05, 3.63) is 30.0 Å². The highest BCUT2D eigenvalue weighted by Gasteiger charge is 2.21. The van der Waals surface area contributed by atoms with Crippen molar-refractivity contribution in [2.24, 2.45) is 11.3 Å². The molecule has 0 unspecified atom stereocenters. The first-order chi connectivity index (χ1) is 11.7. The first-order valence-corrected chi connectivity index (χ1v) is 8.71. The Hall–Kier alpha value is -2.30. The maximum absolute atomic E-state index is 12.5. The molecule has 0 saturated heterocycles. The average Bonchev–Trinajstić information content (AvgIpc) is 2.87. The molecule has 1 amide bonds. The zero-order valence-electron chi connectivity index (χ0n) is 16.1. The molecule has 2 rings (SSSR count). The summed E-state index contributed by atoms with van der Waals surface area (Å²) in [5, 5.41) is 10.7. The number of benzene rings is 1. The summed E-state index contributed by atoms with van der Waals surface area (Å²) in [6, 6.07) is 7.71. The van der Waals surface area contributed by atoms with Gasteiger partial charge in [-0.05, 0) is 29.9 Å². The van der Waals surface area contributed by atoms with Crippen LogP contribution in [0.1, 0.15) is 46.7 Å². The van der Waals surface area contributed by atoms with Crippen molar-refractivity contribution in [1.82, 2.24) is 10.2 Å². The van der Waals surface area contributed by atoms with Gasteiger partial charge in [0.05, 0.1) is 18.5 Å². The average molecular weight is 343 g/mol. The van der Waals surface area contributed by atoms with Crippen LogP contribution in [0.25, 0.3) is 11.3 Å². The van der Waals surface area contributed by atoms with Gasteiger partial charge in [-0.3, -0.25) is 9.89 Å². The molecule has 5 heteroatoms. The summed E-state index contributed by atoms with van der Waals surface area (Å²) in [6.07, 6.45) is 1.28. The summed E-state index contributed by atoms with van der Waals surface area (Å²) in [6.45, 7) is 10.5. The lowest BCUT2D eigenvalue weighted by molar-refractivity contribution is -0.117. The molecule has 0 atom stereocenters. The lowest BCUT2D eigenvalue weighted by Crippen LogP contribution is -2.20. The second kappa shape index (κ2) is 7.72. The Morgan fingerprint density at radius 2 is 2.04 bits per heavy atom. The Bertz CT molecular complexity index is 727. The Balaban J connectivity index is 2.39. The Kier molecular flexibility index (Phi) is 5.88. The van der Waals surface area contributed by atoms with Gasteiger partial charge < -0.3 is 10.1 Å². The number of H-pyrrole nitrogens is 1. The van der Waals surface area contributed by atoms with Crippen molar-refractivity contribution in [2.75, 3.05) is 12.4 Å². The smallest absolute Gasteiger partial charge is 0.225 e. The summed E-state index contributed by atoms with van der Waals surface area (Å²) < 4.78 is 5.31. The van der Waals surface area contributed by atoms with Crippen LogP contribution in [0.4, 0.5) is 5.69 Å². The molecule has 2 N–H and O–H groups in total. The summed E-state index contributed by atoms with van der Waals surface area (Å²) in [7, 11) is 1.64. The zero-order valence-corrected chi connectivity index (χ0v) is 16.1. The normalized spacial score (nSPS) is 11.6. The maximum Gasteiger partial charge on any atom is 0.225 e. The fraction of sp³-hybridized carbons (Fsp3) is 0.500. The first-order valence-electron chi connectivity index (χ1n) is 8.71. The van der Waals surface area contributed by atoms with E-state index in [1.807, 2.05) is 24.3 Å². The second-order valence-electron chi connectivity index (χ2n) is 8.04. The molecule has 0 aliphatic carbocycles. The van der Waals surface area contributed by atoms with Crippen molar-refractivity contribution in [1.29, 1.82) is 0 Å². The minimum Gasteiger partial charge on any atom is -0.497 e. The molecule has 2 aromatic rings. The van der Waals surface area contributed by atoms with Gasteiger partial charge in [0.2, 0.25) is 5.91 Å². The molecule has 0 bridgehead atoms. The maximum atomic E-state index is 12.5. The van der Waals surface area contributed by atoms with Gasteiger partial charge in [-0.1, -0.05) is 46.8 Å². The highest BCUT2D eigenvalue weighted by molar-refractivity contribution is 5.95. The van der Waals surface area contributed by atoms with E-state index < -0.39 is 0 Å². The molecule has 136 valence electrons. The summed E-state index contributed by atoms with van der Waals surface area (Å²) in [5.74, 6) is 1.22. The van der Waals surface area contributed by atoms with E-state index in [0.717, 1.165) is 34.8 Å². The van der Waals surface area contributed by atoms with Gasteiger partial charge in [-0.15, -0.1) is 0 Å². The van der Waals surface area contributed by atoms with Crippen LogP contribution in [0.3, 0.4) is 0 Å². The summed E-state index contributed by atoms with van der Waals surface area (Å²) >= 11 is 0. The van der Waals surface area contributed by atoms with Gasteiger partial charge >= 0.3 is 0 Å². The van der Waals surface area contributed by atoms with Gasteiger partial charge in [-0.25, -0.2) is 0 Å². The van der Waals surface area contributed by atoms with Gasteiger partial charge in [-0.2, -0.15) is 5.10 Å². The third-order valence-electron chi connectivity index (χ3n) is 3.75. The molecular weight excluding hydrogens is 314 g/mol. The number of hydrogen-bond acceptors (Lipinski definition) is 3. The molecule has 0 aliphatic rings. The number of hydrogen-bond donors (Lipinski definition) is 2.